The normalized spacial score (nSPS) is 19.2. The second-order valence-electron chi connectivity index (χ2n) is 7.69. The molecule has 162 valence electrons. The van der Waals surface area contributed by atoms with E-state index in [2.05, 4.69) is 10.2 Å². The van der Waals surface area contributed by atoms with Crippen LogP contribution in [-0.4, -0.2) is 72.8 Å². The Balaban J connectivity index is 1.41. The molecular formula is C23H25FN4O3. The van der Waals surface area contributed by atoms with Crippen molar-refractivity contribution in [3.8, 4) is 0 Å². The van der Waals surface area contributed by atoms with E-state index in [-0.39, 0.29) is 36.9 Å². The van der Waals surface area contributed by atoms with E-state index in [1.165, 1.54) is 23.1 Å². The van der Waals surface area contributed by atoms with Gasteiger partial charge in [0.25, 0.3) is 5.91 Å². The summed E-state index contributed by atoms with van der Waals surface area (Å²) in [7, 11) is 0. The molecule has 2 aliphatic heterocycles. The molecule has 0 radical (unpaired) electrons. The number of nitrogens with one attached hydrogen (secondary N) is 1. The molecule has 0 aliphatic carbocycles. The standard InChI is InChI=1S/C23H25FN4O3/c24-19-9-5-4-8-18(19)23(31)28-11-10-25-22(30)20(28)16-21(29)27-14-12-26(13-15-27)17-6-2-1-3-7-17/h1-9,20H,10-16H2,(H,25,30). The maximum absolute atomic E-state index is 14.1. The van der Waals surface area contributed by atoms with Crippen molar-refractivity contribution in [2.45, 2.75) is 12.5 Å². The van der Waals surface area contributed by atoms with Crippen molar-refractivity contribution in [3.63, 3.8) is 0 Å². The summed E-state index contributed by atoms with van der Waals surface area (Å²) >= 11 is 0. The second-order valence-corrected chi connectivity index (χ2v) is 7.69. The Bertz CT molecular complexity index is 960. The lowest BCUT2D eigenvalue weighted by Crippen LogP contribution is -2.59. The number of hydrogen-bond donors (Lipinski definition) is 1. The number of amides is 3. The van der Waals surface area contributed by atoms with Crippen molar-refractivity contribution in [1.82, 2.24) is 15.1 Å². The molecule has 0 aromatic heterocycles. The molecule has 2 aliphatic rings. The first-order chi connectivity index (χ1) is 15.0. The molecule has 7 nitrogen and oxygen atoms in total. The molecule has 31 heavy (non-hydrogen) atoms. The fourth-order valence-electron chi connectivity index (χ4n) is 4.10. The Morgan fingerprint density at radius 3 is 2.32 bits per heavy atom. The van der Waals surface area contributed by atoms with Crippen molar-refractivity contribution < 1.29 is 18.8 Å². The van der Waals surface area contributed by atoms with E-state index in [9.17, 15) is 18.8 Å². The van der Waals surface area contributed by atoms with Crippen LogP contribution in [0.2, 0.25) is 0 Å². The summed E-state index contributed by atoms with van der Waals surface area (Å²) in [6.45, 7) is 3.00. The molecule has 2 saturated heterocycles. The van der Waals surface area contributed by atoms with E-state index in [4.69, 9.17) is 0 Å². The molecule has 2 heterocycles. The number of para-hydroxylation sites is 1. The molecule has 2 aromatic rings. The van der Waals surface area contributed by atoms with Crippen LogP contribution in [0.5, 0.6) is 0 Å². The number of piperazine rings is 2. The lowest BCUT2D eigenvalue weighted by molar-refractivity contribution is -0.138. The van der Waals surface area contributed by atoms with E-state index >= 15 is 0 Å². The van der Waals surface area contributed by atoms with Crippen molar-refractivity contribution in [1.29, 1.82) is 0 Å². The number of hydrogen-bond acceptors (Lipinski definition) is 4. The number of halogens is 1. The lowest BCUT2D eigenvalue weighted by Gasteiger charge is -2.39. The fourth-order valence-corrected chi connectivity index (χ4v) is 4.10. The van der Waals surface area contributed by atoms with Crippen molar-refractivity contribution >= 4 is 23.4 Å². The van der Waals surface area contributed by atoms with Crippen LogP contribution >= 0.6 is 0 Å². The molecule has 0 spiro atoms. The highest BCUT2D eigenvalue weighted by Crippen LogP contribution is 2.19. The molecule has 0 saturated carbocycles. The van der Waals surface area contributed by atoms with Gasteiger partial charge in [-0.1, -0.05) is 30.3 Å². The van der Waals surface area contributed by atoms with Crippen LogP contribution in [0.25, 0.3) is 0 Å². The molecular weight excluding hydrogens is 399 g/mol. The van der Waals surface area contributed by atoms with E-state index in [0.717, 1.165) is 5.69 Å². The largest absolute Gasteiger partial charge is 0.368 e. The molecule has 1 unspecified atom stereocenters. The quantitative estimate of drug-likeness (QED) is 0.808. The van der Waals surface area contributed by atoms with Gasteiger partial charge in [-0.05, 0) is 24.3 Å². The van der Waals surface area contributed by atoms with Gasteiger partial charge in [-0.25, -0.2) is 4.39 Å². The number of carbonyl (C=O) groups is 3. The third-order valence-electron chi connectivity index (χ3n) is 5.82. The van der Waals surface area contributed by atoms with Gasteiger partial charge in [0.15, 0.2) is 0 Å². The first-order valence-corrected chi connectivity index (χ1v) is 10.5. The SMILES string of the molecule is O=C1NCCN(C(=O)c2ccccc2F)C1CC(=O)N1CCN(c2ccccc2)CC1. The summed E-state index contributed by atoms with van der Waals surface area (Å²) in [6, 6.07) is 14.7. The summed E-state index contributed by atoms with van der Waals surface area (Å²) < 4.78 is 14.1. The average molecular weight is 424 g/mol. The minimum absolute atomic E-state index is 0.0916. The fraction of sp³-hybridized carbons (Fsp3) is 0.348. The van der Waals surface area contributed by atoms with Gasteiger partial charge in [-0.2, -0.15) is 0 Å². The summed E-state index contributed by atoms with van der Waals surface area (Å²) in [4.78, 5) is 43.6. The Labute approximate surface area is 180 Å². The second kappa shape index (κ2) is 9.16. The average Bonchev–Trinajstić information content (AvgIpc) is 2.81. The monoisotopic (exact) mass is 424 g/mol. The zero-order valence-electron chi connectivity index (χ0n) is 17.2. The number of nitrogens with zero attached hydrogens (tertiary/aromatic N) is 3. The zero-order chi connectivity index (χ0) is 21.8. The van der Waals surface area contributed by atoms with Crippen molar-refractivity contribution in [2.75, 3.05) is 44.2 Å². The highest BCUT2D eigenvalue weighted by molar-refractivity contribution is 5.99. The van der Waals surface area contributed by atoms with Gasteiger partial charge in [-0.15, -0.1) is 0 Å². The minimum atomic E-state index is -0.944. The molecule has 8 heteroatoms. The summed E-state index contributed by atoms with van der Waals surface area (Å²) in [5.74, 6) is -1.77. The Morgan fingerprint density at radius 2 is 1.61 bits per heavy atom. The Morgan fingerprint density at radius 1 is 0.935 bits per heavy atom. The maximum Gasteiger partial charge on any atom is 0.257 e. The van der Waals surface area contributed by atoms with Crippen molar-refractivity contribution in [3.05, 3.63) is 66.0 Å². The Kier molecular flexibility index (Phi) is 6.16. The first kappa shape index (κ1) is 20.8. The summed E-state index contributed by atoms with van der Waals surface area (Å²) in [5, 5.41) is 2.71. The number of anilines is 1. The van der Waals surface area contributed by atoms with Gasteiger partial charge in [0.05, 0.1) is 12.0 Å². The van der Waals surface area contributed by atoms with E-state index < -0.39 is 17.8 Å². The van der Waals surface area contributed by atoms with Crippen LogP contribution in [-0.2, 0) is 9.59 Å². The van der Waals surface area contributed by atoms with E-state index in [1.54, 1.807) is 11.0 Å². The topological polar surface area (TPSA) is 73.0 Å². The zero-order valence-corrected chi connectivity index (χ0v) is 17.2. The van der Waals surface area contributed by atoms with Gasteiger partial charge in [0.2, 0.25) is 11.8 Å². The molecule has 1 N–H and O–H groups in total. The van der Waals surface area contributed by atoms with Crippen LogP contribution in [0.1, 0.15) is 16.8 Å². The van der Waals surface area contributed by atoms with Gasteiger partial charge in [0, 0.05) is 45.0 Å². The highest BCUT2D eigenvalue weighted by Gasteiger charge is 2.37. The predicted octanol–water partition coefficient (Wildman–Crippen LogP) is 1.51. The van der Waals surface area contributed by atoms with Gasteiger partial charge in [-0.3, -0.25) is 14.4 Å². The van der Waals surface area contributed by atoms with E-state index in [1.807, 2.05) is 30.3 Å². The van der Waals surface area contributed by atoms with Gasteiger partial charge < -0.3 is 20.0 Å². The van der Waals surface area contributed by atoms with E-state index in [0.29, 0.717) is 26.2 Å². The summed E-state index contributed by atoms with van der Waals surface area (Å²) in [5.41, 5.74) is 1.02. The lowest BCUT2D eigenvalue weighted by atomic mass is 10.0. The van der Waals surface area contributed by atoms with Crippen LogP contribution in [0, 0.1) is 5.82 Å². The Hall–Kier alpha value is -3.42. The third-order valence-corrected chi connectivity index (χ3v) is 5.82. The molecule has 3 amide bonds. The predicted molar refractivity (Wildman–Crippen MR) is 114 cm³/mol. The molecule has 4 rings (SSSR count). The molecule has 2 fully saturated rings. The van der Waals surface area contributed by atoms with Crippen LogP contribution in [0.15, 0.2) is 54.6 Å². The maximum atomic E-state index is 14.1. The van der Waals surface area contributed by atoms with Crippen molar-refractivity contribution in [2.24, 2.45) is 0 Å². The highest BCUT2D eigenvalue weighted by atomic mass is 19.1. The summed E-state index contributed by atoms with van der Waals surface area (Å²) in [6.07, 6.45) is -0.114. The molecule has 1 atom stereocenters. The number of carbonyl (C=O) groups excluding carboxylic acids is 3. The van der Waals surface area contributed by atoms with Crippen LogP contribution in [0.4, 0.5) is 10.1 Å². The number of rotatable bonds is 4. The molecule has 0 bridgehead atoms. The van der Waals surface area contributed by atoms with Crippen LogP contribution in [0.3, 0.4) is 0 Å². The minimum Gasteiger partial charge on any atom is -0.368 e. The molecule has 2 aromatic carbocycles. The van der Waals surface area contributed by atoms with Gasteiger partial charge >= 0.3 is 0 Å². The number of benzene rings is 2. The van der Waals surface area contributed by atoms with Gasteiger partial charge in [0.1, 0.15) is 11.9 Å². The van der Waals surface area contributed by atoms with Crippen LogP contribution < -0.4 is 10.2 Å². The smallest absolute Gasteiger partial charge is 0.257 e. The third kappa shape index (κ3) is 4.52. The first-order valence-electron chi connectivity index (χ1n) is 10.5.